The lowest BCUT2D eigenvalue weighted by atomic mass is 9.96. The third-order valence-corrected chi connectivity index (χ3v) is 8.44. The second kappa shape index (κ2) is 9.06. The number of carbonyl (C=O) groups excluding carboxylic acids is 2. The van der Waals surface area contributed by atoms with Crippen LogP contribution in [0.5, 0.6) is 0 Å². The monoisotopic (exact) mass is 433 g/mol. The first kappa shape index (κ1) is 21.3. The molecule has 2 heterocycles. The highest BCUT2D eigenvalue weighted by molar-refractivity contribution is 7.89. The number of amides is 2. The van der Waals surface area contributed by atoms with Crippen LogP contribution in [0.15, 0.2) is 23.1 Å². The molecule has 0 radical (unpaired) electrons. The van der Waals surface area contributed by atoms with Crippen molar-refractivity contribution in [2.45, 2.75) is 87.6 Å². The Balaban J connectivity index is 1.49. The Bertz CT molecular complexity index is 907. The average Bonchev–Trinajstić information content (AvgIpc) is 3.20. The maximum Gasteiger partial charge on any atom is 0.243 e. The third kappa shape index (κ3) is 4.54. The minimum Gasteiger partial charge on any atom is -0.352 e. The molecular weight excluding hydrogens is 402 g/mol. The van der Waals surface area contributed by atoms with E-state index in [1.54, 1.807) is 12.1 Å². The number of hydrogen-bond donors (Lipinski definition) is 2. The van der Waals surface area contributed by atoms with Crippen molar-refractivity contribution >= 4 is 27.5 Å². The van der Waals surface area contributed by atoms with Gasteiger partial charge in [0.05, 0.1) is 4.90 Å². The standard InChI is InChI=1S/C22H31N3O4S/c26-21-13-10-16-15-18(11-12-19(16)24-21)30(28,29)25-14-6-9-20(25)22(27)23-17-7-4-2-1-3-5-8-17/h11-12,15,17,20H,1-10,13-14H2,(H,23,27)(H,24,26)/t20-/m0/s1. The van der Waals surface area contributed by atoms with Gasteiger partial charge in [0.15, 0.2) is 0 Å². The predicted octanol–water partition coefficient (Wildman–Crippen LogP) is 2.95. The Morgan fingerprint density at radius 2 is 1.73 bits per heavy atom. The van der Waals surface area contributed by atoms with Gasteiger partial charge in [-0.05, 0) is 55.9 Å². The van der Waals surface area contributed by atoms with Gasteiger partial charge in [-0.2, -0.15) is 4.31 Å². The van der Waals surface area contributed by atoms with E-state index >= 15 is 0 Å². The highest BCUT2D eigenvalue weighted by atomic mass is 32.2. The summed E-state index contributed by atoms with van der Waals surface area (Å²) < 4.78 is 28.1. The van der Waals surface area contributed by atoms with Gasteiger partial charge in [-0.3, -0.25) is 9.59 Å². The number of nitrogens with zero attached hydrogens (tertiary/aromatic N) is 1. The van der Waals surface area contributed by atoms with Crippen LogP contribution in [0.25, 0.3) is 0 Å². The molecule has 1 aromatic carbocycles. The van der Waals surface area contributed by atoms with Crippen molar-refractivity contribution < 1.29 is 18.0 Å². The van der Waals surface area contributed by atoms with Crippen LogP contribution in [-0.4, -0.2) is 43.2 Å². The van der Waals surface area contributed by atoms with E-state index in [0.717, 1.165) is 31.2 Å². The molecule has 2 aliphatic heterocycles. The number of sulfonamides is 1. The van der Waals surface area contributed by atoms with Gasteiger partial charge in [0, 0.05) is 24.7 Å². The maximum atomic E-state index is 13.4. The molecule has 4 rings (SSSR count). The lowest BCUT2D eigenvalue weighted by Crippen LogP contribution is -2.48. The molecule has 0 unspecified atom stereocenters. The zero-order valence-corrected chi connectivity index (χ0v) is 18.2. The average molecular weight is 434 g/mol. The molecule has 1 saturated heterocycles. The molecule has 0 spiro atoms. The zero-order valence-electron chi connectivity index (χ0n) is 17.4. The van der Waals surface area contributed by atoms with E-state index in [-0.39, 0.29) is 22.8 Å². The van der Waals surface area contributed by atoms with E-state index in [1.165, 1.54) is 29.6 Å². The van der Waals surface area contributed by atoms with Gasteiger partial charge in [-0.1, -0.05) is 32.1 Å². The molecule has 164 valence electrons. The first-order valence-corrected chi connectivity index (χ1v) is 12.6. The molecule has 3 aliphatic rings. The van der Waals surface area contributed by atoms with Crippen LogP contribution in [0.3, 0.4) is 0 Å². The van der Waals surface area contributed by atoms with Gasteiger partial charge in [0.25, 0.3) is 0 Å². The molecular formula is C22H31N3O4S. The van der Waals surface area contributed by atoms with Crippen molar-refractivity contribution in [3.05, 3.63) is 23.8 Å². The minimum absolute atomic E-state index is 0.0522. The summed E-state index contributed by atoms with van der Waals surface area (Å²) in [6.45, 7) is 0.360. The van der Waals surface area contributed by atoms with Crippen LogP contribution in [-0.2, 0) is 26.0 Å². The Morgan fingerprint density at radius 3 is 2.50 bits per heavy atom. The van der Waals surface area contributed by atoms with E-state index < -0.39 is 16.1 Å². The lowest BCUT2D eigenvalue weighted by molar-refractivity contribution is -0.125. The molecule has 1 aliphatic carbocycles. The second-order valence-corrected chi connectivity index (χ2v) is 10.6. The topological polar surface area (TPSA) is 95.6 Å². The van der Waals surface area contributed by atoms with E-state index in [0.29, 0.717) is 37.9 Å². The number of rotatable bonds is 4. The SMILES string of the molecule is O=C1CCc2cc(S(=O)(=O)N3CCC[C@H]3C(=O)NC3CCCCCCC3)ccc2N1. The lowest BCUT2D eigenvalue weighted by Gasteiger charge is -2.27. The summed E-state index contributed by atoms with van der Waals surface area (Å²) in [5, 5.41) is 5.92. The maximum absolute atomic E-state index is 13.4. The molecule has 8 heteroatoms. The van der Waals surface area contributed by atoms with Crippen molar-refractivity contribution in [2.24, 2.45) is 0 Å². The van der Waals surface area contributed by atoms with Crippen LogP contribution in [0.4, 0.5) is 5.69 Å². The normalized spacial score (nSPS) is 23.9. The minimum atomic E-state index is -3.77. The molecule has 2 fully saturated rings. The van der Waals surface area contributed by atoms with Crippen molar-refractivity contribution in [3.63, 3.8) is 0 Å². The highest BCUT2D eigenvalue weighted by Crippen LogP contribution is 2.31. The van der Waals surface area contributed by atoms with Gasteiger partial charge >= 0.3 is 0 Å². The van der Waals surface area contributed by atoms with E-state index in [1.807, 2.05) is 0 Å². The Kier molecular flexibility index (Phi) is 6.43. The first-order chi connectivity index (χ1) is 14.4. The van der Waals surface area contributed by atoms with Gasteiger partial charge < -0.3 is 10.6 Å². The summed E-state index contributed by atoms with van der Waals surface area (Å²) >= 11 is 0. The number of aryl methyl sites for hydroxylation is 1. The summed E-state index contributed by atoms with van der Waals surface area (Å²) in [6.07, 6.45) is 9.96. The fraction of sp³-hybridized carbons (Fsp3) is 0.636. The van der Waals surface area contributed by atoms with Crippen molar-refractivity contribution in [1.82, 2.24) is 9.62 Å². The Hall–Kier alpha value is -1.93. The molecule has 1 saturated carbocycles. The number of hydrogen-bond acceptors (Lipinski definition) is 4. The quantitative estimate of drug-likeness (QED) is 0.763. The van der Waals surface area contributed by atoms with E-state index in [9.17, 15) is 18.0 Å². The smallest absolute Gasteiger partial charge is 0.243 e. The molecule has 30 heavy (non-hydrogen) atoms. The first-order valence-electron chi connectivity index (χ1n) is 11.2. The van der Waals surface area contributed by atoms with Crippen molar-refractivity contribution in [2.75, 3.05) is 11.9 Å². The number of anilines is 1. The fourth-order valence-corrected chi connectivity index (χ4v) is 6.55. The summed E-state index contributed by atoms with van der Waals surface area (Å²) in [5.74, 6) is -0.213. The Labute approximate surface area is 178 Å². The largest absolute Gasteiger partial charge is 0.352 e. The van der Waals surface area contributed by atoms with Gasteiger partial charge in [0.2, 0.25) is 21.8 Å². The van der Waals surface area contributed by atoms with Crippen LogP contribution in [0.1, 0.15) is 69.8 Å². The summed E-state index contributed by atoms with van der Waals surface area (Å²) in [5.41, 5.74) is 1.50. The van der Waals surface area contributed by atoms with Crippen LogP contribution < -0.4 is 10.6 Å². The molecule has 2 amide bonds. The Morgan fingerprint density at radius 1 is 1.00 bits per heavy atom. The number of benzene rings is 1. The number of fused-ring (bicyclic) bond motifs is 1. The molecule has 7 nitrogen and oxygen atoms in total. The summed E-state index contributed by atoms with van der Waals surface area (Å²) in [6, 6.07) is 4.33. The molecule has 1 aromatic rings. The number of nitrogens with one attached hydrogen (secondary N) is 2. The van der Waals surface area contributed by atoms with E-state index in [2.05, 4.69) is 10.6 Å². The predicted molar refractivity (Wildman–Crippen MR) is 115 cm³/mol. The van der Waals surface area contributed by atoms with Crippen molar-refractivity contribution in [3.8, 4) is 0 Å². The zero-order chi connectivity index (χ0) is 21.1. The summed E-state index contributed by atoms with van der Waals surface area (Å²) in [7, 11) is -3.77. The van der Waals surface area contributed by atoms with Crippen LogP contribution in [0, 0.1) is 0 Å². The number of carbonyl (C=O) groups is 2. The van der Waals surface area contributed by atoms with Crippen LogP contribution >= 0.6 is 0 Å². The van der Waals surface area contributed by atoms with Gasteiger partial charge in [-0.25, -0.2) is 8.42 Å². The van der Waals surface area contributed by atoms with Gasteiger partial charge in [0.1, 0.15) is 6.04 Å². The third-order valence-electron chi connectivity index (χ3n) is 6.54. The molecule has 1 atom stereocenters. The van der Waals surface area contributed by atoms with Crippen molar-refractivity contribution in [1.29, 1.82) is 0 Å². The molecule has 0 aromatic heterocycles. The fourth-order valence-electron chi connectivity index (χ4n) is 4.84. The molecule has 0 bridgehead atoms. The highest BCUT2D eigenvalue weighted by Gasteiger charge is 2.40. The molecule has 2 N–H and O–H groups in total. The second-order valence-electron chi connectivity index (χ2n) is 8.69. The van der Waals surface area contributed by atoms with Gasteiger partial charge in [-0.15, -0.1) is 0 Å². The van der Waals surface area contributed by atoms with E-state index in [4.69, 9.17) is 0 Å². The van der Waals surface area contributed by atoms with Crippen LogP contribution in [0.2, 0.25) is 0 Å². The summed E-state index contributed by atoms with van der Waals surface area (Å²) in [4.78, 5) is 24.8.